The molecule has 2 aromatic heterocycles. The monoisotopic (exact) mass is 360 g/mol. The number of aryl methyl sites for hydroxylation is 3. The van der Waals surface area contributed by atoms with Crippen molar-refractivity contribution in [1.29, 1.82) is 0 Å². The third-order valence-electron chi connectivity index (χ3n) is 4.42. The van der Waals surface area contributed by atoms with E-state index in [9.17, 15) is 0 Å². The van der Waals surface area contributed by atoms with E-state index in [0.29, 0.717) is 6.54 Å². The molecule has 144 valence electrons. The van der Waals surface area contributed by atoms with E-state index in [1.54, 1.807) is 6.33 Å². The number of aliphatic imine (C=N–C) groups is 1. The second kappa shape index (κ2) is 9.94. The number of nitrogens with one attached hydrogen (secondary N) is 2. The van der Waals surface area contributed by atoms with Crippen molar-refractivity contribution >= 4 is 5.96 Å². The standard InChI is InChI=1S/C18H32N8/c1-6-15-14(16(7-2)25(5)24-15)12-21-18(19-9-4)20-10-11-26-13-22-23-17(26)8-3/h13H,6-12H2,1-5H3,(H2,19,20,21). The largest absolute Gasteiger partial charge is 0.357 e. The molecule has 0 saturated carbocycles. The summed E-state index contributed by atoms with van der Waals surface area (Å²) in [6.07, 6.45) is 4.55. The zero-order chi connectivity index (χ0) is 18.9. The minimum atomic E-state index is 0.641. The lowest BCUT2D eigenvalue weighted by atomic mass is 10.1. The second-order valence-corrected chi connectivity index (χ2v) is 6.12. The Morgan fingerprint density at radius 3 is 2.58 bits per heavy atom. The molecule has 8 heteroatoms. The molecular formula is C18H32N8. The van der Waals surface area contributed by atoms with Crippen LogP contribution in [0, 0.1) is 0 Å². The van der Waals surface area contributed by atoms with Crippen LogP contribution in [0.4, 0.5) is 0 Å². The molecule has 0 atom stereocenters. The molecule has 0 aliphatic rings. The summed E-state index contributed by atoms with van der Waals surface area (Å²) < 4.78 is 4.06. The first-order chi connectivity index (χ1) is 12.6. The second-order valence-electron chi connectivity index (χ2n) is 6.12. The van der Waals surface area contributed by atoms with Crippen molar-refractivity contribution in [3.8, 4) is 0 Å². The summed E-state index contributed by atoms with van der Waals surface area (Å²) in [4.78, 5) is 4.78. The van der Waals surface area contributed by atoms with Gasteiger partial charge in [0.25, 0.3) is 0 Å². The molecule has 2 N–H and O–H groups in total. The van der Waals surface area contributed by atoms with Gasteiger partial charge < -0.3 is 15.2 Å². The van der Waals surface area contributed by atoms with Gasteiger partial charge in [-0.1, -0.05) is 20.8 Å². The van der Waals surface area contributed by atoms with Gasteiger partial charge in [0.05, 0.1) is 12.2 Å². The van der Waals surface area contributed by atoms with E-state index in [4.69, 9.17) is 4.99 Å². The molecule has 2 heterocycles. The van der Waals surface area contributed by atoms with Gasteiger partial charge >= 0.3 is 0 Å². The van der Waals surface area contributed by atoms with E-state index in [1.807, 2.05) is 11.7 Å². The van der Waals surface area contributed by atoms with Crippen molar-refractivity contribution in [2.45, 2.75) is 60.0 Å². The summed E-state index contributed by atoms with van der Waals surface area (Å²) in [6, 6.07) is 0. The Balaban J connectivity index is 2.02. The fourth-order valence-electron chi connectivity index (χ4n) is 3.11. The highest BCUT2D eigenvalue weighted by Crippen LogP contribution is 2.16. The minimum Gasteiger partial charge on any atom is -0.357 e. The third kappa shape index (κ3) is 4.83. The Bertz CT molecular complexity index is 713. The molecule has 0 spiro atoms. The molecule has 0 aliphatic carbocycles. The molecule has 0 bridgehead atoms. The van der Waals surface area contributed by atoms with Crippen LogP contribution in [0.2, 0.25) is 0 Å². The van der Waals surface area contributed by atoms with Crippen LogP contribution < -0.4 is 10.6 Å². The highest BCUT2D eigenvalue weighted by atomic mass is 15.3. The lowest BCUT2D eigenvalue weighted by Gasteiger charge is -2.12. The van der Waals surface area contributed by atoms with Gasteiger partial charge in [-0.2, -0.15) is 5.10 Å². The van der Waals surface area contributed by atoms with Crippen molar-refractivity contribution in [2.24, 2.45) is 12.0 Å². The quantitative estimate of drug-likeness (QED) is 0.522. The smallest absolute Gasteiger partial charge is 0.191 e. The molecule has 0 amide bonds. The Labute approximate surface area is 156 Å². The van der Waals surface area contributed by atoms with Crippen LogP contribution in [-0.4, -0.2) is 43.6 Å². The van der Waals surface area contributed by atoms with Gasteiger partial charge in [0.2, 0.25) is 0 Å². The molecule has 0 saturated heterocycles. The number of rotatable bonds is 9. The van der Waals surface area contributed by atoms with Gasteiger partial charge in [-0.05, 0) is 19.8 Å². The number of hydrogen-bond acceptors (Lipinski definition) is 4. The summed E-state index contributed by atoms with van der Waals surface area (Å²) in [5, 5.41) is 19.4. The Morgan fingerprint density at radius 1 is 1.12 bits per heavy atom. The topological polar surface area (TPSA) is 85.0 Å². The predicted molar refractivity (Wildman–Crippen MR) is 104 cm³/mol. The van der Waals surface area contributed by atoms with Crippen LogP contribution in [0.25, 0.3) is 0 Å². The molecule has 2 rings (SSSR count). The van der Waals surface area contributed by atoms with E-state index < -0.39 is 0 Å². The lowest BCUT2D eigenvalue weighted by Crippen LogP contribution is -2.39. The first kappa shape index (κ1) is 19.9. The highest BCUT2D eigenvalue weighted by Gasteiger charge is 2.13. The zero-order valence-corrected chi connectivity index (χ0v) is 16.7. The van der Waals surface area contributed by atoms with Crippen LogP contribution in [0.15, 0.2) is 11.3 Å². The molecule has 26 heavy (non-hydrogen) atoms. The first-order valence-electron chi connectivity index (χ1n) is 9.56. The van der Waals surface area contributed by atoms with Gasteiger partial charge in [-0.3, -0.25) is 4.68 Å². The molecule has 2 aromatic rings. The van der Waals surface area contributed by atoms with Gasteiger partial charge in [-0.25, -0.2) is 4.99 Å². The van der Waals surface area contributed by atoms with Crippen LogP contribution in [-0.2, 0) is 39.4 Å². The van der Waals surface area contributed by atoms with E-state index in [-0.39, 0.29) is 0 Å². The third-order valence-corrected chi connectivity index (χ3v) is 4.42. The van der Waals surface area contributed by atoms with E-state index in [2.05, 4.69) is 58.2 Å². The van der Waals surface area contributed by atoms with E-state index in [1.165, 1.54) is 11.3 Å². The van der Waals surface area contributed by atoms with Crippen molar-refractivity contribution in [1.82, 2.24) is 35.2 Å². The molecule has 0 unspecified atom stereocenters. The van der Waals surface area contributed by atoms with Crippen LogP contribution in [0.3, 0.4) is 0 Å². The molecule has 0 radical (unpaired) electrons. The molecular weight excluding hydrogens is 328 g/mol. The van der Waals surface area contributed by atoms with Gasteiger partial charge in [0, 0.05) is 44.4 Å². The number of guanidine groups is 1. The fraction of sp³-hybridized carbons (Fsp3) is 0.667. The van der Waals surface area contributed by atoms with Gasteiger partial charge in [0.1, 0.15) is 12.2 Å². The van der Waals surface area contributed by atoms with Gasteiger partial charge in [0.15, 0.2) is 5.96 Å². The number of nitrogens with zero attached hydrogens (tertiary/aromatic N) is 6. The van der Waals surface area contributed by atoms with Crippen molar-refractivity contribution in [3.63, 3.8) is 0 Å². The average Bonchev–Trinajstić information content (AvgIpc) is 3.22. The normalized spacial score (nSPS) is 11.8. The minimum absolute atomic E-state index is 0.641. The molecule has 8 nitrogen and oxygen atoms in total. The highest BCUT2D eigenvalue weighted by molar-refractivity contribution is 5.79. The maximum Gasteiger partial charge on any atom is 0.191 e. The Morgan fingerprint density at radius 2 is 1.92 bits per heavy atom. The summed E-state index contributed by atoms with van der Waals surface area (Å²) >= 11 is 0. The summed E-state index contributed by atoms with van der Waals surface area (Å²) in [5.74, 6) is 1.83. The maximum absolute atomic E-state index is 4.78. The average molecular weight is 361 g/mol. The maximum atomic E-state index is 4.78. The SMILES string of the molecule is CCNC(=NCc1c(CC)nn(C)c1CC)NCCn1cnnc1CC. The fourth-order valence-corrected chi connectivity index (χ4v) is 3.11. The zero-order valence-electron chi connectivity index (χ0n) is 16.7. The van der Waals surface area contributed by atoms with Crippen LogP contribution in [0.5, 0.6) is 0 Å². The Kier molecular flexibility index (Phi) is 7.62. The van der Waals surface area contributed by atoms with Crippen LogP contribution >= 0.6 is 0 Å². The van der Waals surface area contributed by atoms with E-state index in [0.717, 1.165) is 56.4 Å². The van der Waals surface area contributed by atoms with Crippen LogP contribution in [0.1, 0.15) is 50.5 Å². The predicted octanol–water partition coefficient (Wildman–Crippen LogP) is 1.45. The summed E-state index contributed by atoms with van der Waals surface area (Å²) in [5.41, 5.74) is 3.65. The first-order valence-corrected chi connectivity index (χ1v) is 9.56. The van der Waals surface area contributed by atoms with Crippen molar-refractivity contribution in [3.05, 3.63) is 29.1 Å². The lowest BCUT2D eigenvalue weighted by molar-refractivity contribution is 0.632. The number of hydrogen-bond donors (Lipinski definition) is 2. The summed E-state index contributed by atoms with van der Waals surface area (Å²) in [6.45, 7) is 11.5. The molecule has 0 aromatic carbocycles. The number of aromatic nitrogens is 5. The van der Waals surface area contributed by atoms with Gasteiger partial charge in [-0.15, -0.1) is 10.2 Å². The summed E-state index contributed by atoms with van der Waals surface area (Å²) in [7, 11) is 2.01. The molecule has 0 aliphatic heterocycles. The Hall–Kier alpha value is -2.38. The van der Waals surface area contributed by atoms with Crippen molar-refractivity contribution < 1.29 is 0 Å². The molecule has 0 fully saturated rings. The van der Waals surface area contributed by atoms with E-state index >= 15 is 0 Å². The van der Waals surface area contributed by atoms with Crippen molar-refractivity contribution in [2.75, 3.05) is 13.1 Å².